The summed E-state index contributed by atoms with van der Waals surface area (Å²) in [5.41, 5.74) is 5.84. The third kappa shape index (κ3) is 3.48. The molecule has 25 heavy (non-hydrogen) atoms. The van der Waals surface area contributed by atoms with Crippen LogP contribution in [0.5, 0.6) is 5.75 Å². The fourth-order valence-corrected chi connectivity index (χ4v) is 3.29. The lowest BCUT2D eigenvalue weighted by Crippen LogP contribution is -2.44. The number of rotatable bonds is 4. The summed E-state index contributed by atoms with van der Waals surface area (Å²) in [4.78, 5) is 37.7. The number of nitrogens with one attached hydrogen (secondary N) is 2. The smallest absolute Gasteiger partial charge is 0.325 e. The van der Waals surface area contributed by atoms with Gasteiger partial charge in [-0.2, -0.15) is 0 Å². The summed E-state index contributed by atoms with van der Waals surface area (Å²) in [6, 6.07) is 4.32. The van der Waals surface area contributed by atoms with Crippen LogP contribution in [0.1, 0.15) is 25.7 Å². The van der Waals surface area contributed by atoms with Gasteiger partial charge in [-0.25, -0.2) is 4.79 Å². The summed E-state index contributed by atoms with van der Waals surface area (Å²) in [6.45, 7) is -0.321. The van der Waals surface area contributed by atoms with Crippen molar-refractivity contribution in [3.05, 3.63) is 18.2 Å². The molecule has 2 fully saturated rings. The summed E-state index contributed by atoms with van der Waals surface area (Å²) in [5.74, 6) is -0.266. The molecular weight excluding hydrogens is 348 g/mol. The van der Waals surface area contributed by atoms with Crippen LogP contribution in [-0.4, -0.2) is 41.9 Å². The summed E-state index contributed by atoms with van der Waals surface area (Å²) in [6.07, 6.45) is 3.06. The average Bonchev–Trinajstić information content (AvgIpc) is 3.09. The van der Waals surface area contributed by atoms with Gasteiger partial charge in [-0.05, 0) is 31.0 Å². The number of carbonyl (C=O) groups excluding carboxylic acids is 3. The first kappa shape index (κ1) is 18.9. The summed E-state index contributed by atoms with van der Waals surface area (Å²) < 4.78 is 5.05. The Labute approximate surface area is 151 Å². The number of methoxy groups -OCH3 is 1. The number of hydrogen-bond acceptors (Lipinski definition) is 5. The Hall–Kier alpha value is -2.48. The Morgan fingerprint density at radius 3 is 2.64 bits per heavy atom. The van der Waals surface area contributed by atoms with Crippen LogP contribution < -0.4 is 21.1 Å². The molecule has 3 rings (SSSR count). The topological polar surface area (TPSA) is 114 Å². The maximum absolute atomic E-state index is 12.5. The number of carbonyl (C=O) groups is 3. The van der Waals surface area contributed by atoms with E-state index in [1.165, 1.54) is 7.11 Å². The number of ether oxygens (including phenoxy) is 1. The molecule has 4 N–H and O–H groups in total. The standard InChI is InChI=1S/C16H20N4O4.ClH/c1-24-12-5-4-10(8-11(12)17)18-13(21)9-20-14(22)16(19-15(20)23)6-2-3-7-16;/h4-5,8H,2-3,6-7,9,17H2,1H3,(H,18,21)(H,19,23);1H. The van der Waals surface area contributed by atoms with Crippen molar-refractivity contribution >= 4 is 41.6 Å². The molecule has 0 aromatic heterocycles. The van der Waals surface area contributed by atoms with Crippen molar-refractivity contribution < 1.29 is 19.1 Å². The molecule has 1 spiro atoms. The maximum Gasteiger partial charge on any atom is 0.325 e. The Morgan fingerprint density at radius 1 is 1.36 bits per heavy atom. The highest BCUT2D eigenvalue weighted by Gasteiger charge is 2.52. The number of amides is 4. The average molecular weight is 369 g/mol. The van der Waals surface area contributed by atoms with E-state index in [9.17, 15) is 14.4 Å². The van der Waals surface area contributed by atoms with Crippen molar-refractivity contribution in [3.8, 4) is 5.75 Å². The molecule has 8 nitrogen and oxygen atoms in total. The summed E-state index contributed by atoms with van der Waals surface area (Å²) in [7, 11) is 1.50. The molecule has 1 aliphatic heterocycles. The first-order valence-electron chi connectivity index (χ1n) is 7.83. The van der Waals surface area contributed by atoms with Gasteiger partial charge in [0.15, 0.2) is 0 Å². The van der Waals surface area contributed by atoms with Gasteiger partial charge in [0, 0.05) is 5.69 Å². The lowest BCUT2D eigenvalue weighted by atomic mass is 9.98. The van der Waals surface area contributed by atoms with Crippen LogP contribution in [0.15, 0.2) is 18.2 Å². The molecule has 1 aliphatic carbocycles. The van der Waals surface area contributed by atoms with Crippen LogP contribution in [0, 0.1) is 0 Å². The number of nitrogens with zero attached hydrogens (tertiary/aromatic N) is 1. The van der Waals surface area contributed by atoms with Crippen molar-refractivity contribution in [1.82, 2.24) is 10.2 Å². The van der Waals surface area contributed by atoms with Crippen molar-refractivity contribution in [1.29, 1.82) is 0 Å². The Morgan fingerprint density at radius 2 is 2.04 bits per heavy atom. The SMILES string of the molecule is COc1ccc(NC(=O)CN2C(=O)NC3(CCCC3)C2=O)cc1N.Cl. The Bertz CT molecular complexity index is 703. The van der Waals surface area contributed by atoms with Crippen LogP contribution in [0.4, 0.5) is 16.2 Å². The normalized spacial score (nSPS) is 18.0. The van der Waals surface area contributed by atoms with E-state index in [0.717, 1.165) is 17.7 Å². The van der Waals surface area contributed by atoms with Gasteiger partial charge in [0.25, 0.3) is 5.91 Å². The number of nitrogens with two attached hydrogens (primary N) is 1. The number of imide groups is 1. The van der Waals surface area contributed by atoms with Crippen molar-refractivity contribution in [2.75, 3.05) is 24.7 Å². The molecule has 1 saturated heterocycles. The van der Waals surface area contributed by atoms with E-state index in [4.69, 9.17) is 10.5 Å². The molecule has 0 atom stereocenters. The number of nitrogen functional groups attached to an aromatic ring is 1. The molecule has 1 saturated carbocycles. The second-order valence-electron chi connectivity index (χ2n) is 6.12. The molecule has 0 bridgehead atoms. The van der Waals surface area contributed by atoms with Gasteiger partial charge in [-0.1, -0.05) is 12.8 Å². The zero-order chi connectivity index (χ0) is 17.3. The fraction of sp³-hybridized carbons (Fsp3) is 0.438. The van der Waals surface area contributed by atoms with Crippen LogP contribution in [0.2, 0.25) is 0 Å². The van der Waals surface area contributed by atoms with Gasteiger partial charge in [-0.3, -0.25) is 14.5 Å². The van der Waals surface area contributed by atoms with Crippen LogP contribution in [0.3, 0.4) is 0 Å². The Kier molecular flexibility index (Phi) is 5.42. The minimum absolute atomic E-state index is 0. The molecule has 4 amide bonds. The predicted octanol–water partition coefficient (Wildman–Crippen LogP) is 1.50. The lowest BCUT2D eigenvalue weighted by Gasteiger charge is -2.19. The van der Waals surface area contributed by atoms with Gasteiger partial charge in [0.2, 0.25) is 5.91 Å². The first-order chi connectivity index (χ1) is 11.4. The third-order valence-electron chi connectivity index (χ3n) is 4.52. The minimum atomic E-state index is -0.804. The number of anilines is 2. The molecule has 0 unspecified atom stereocenters. The van der Waals surface area contributed by atoms with Crippen molar-refractivity contribution in [2.24, 2.45) is 0 Å². The number of halogens is 1. The molecule has 136 valence electrons. The van der Waals surface area contributed by atoms with Crippen LogP contribution in [-0.2, 0) is 9.59 Å². The zero-order valence-corrected chi connectivity index (χ0v) is 14.6. The van der Waals surface area contributed by atoms with E-state index in [2.05, 4.69) is 10.6 Å². The highest BCUT2D eigenvalue weighted by Crippen LogP contribution is 2.35. The molecule has 9 heteroatoms. The second-order valence-corrected chi connectivity index (χ2v) is 6.12. The molecule has 1 aromatic carbocycles. The van der Waals surface area contributed by atoms with Gasteiger partial charge in [0.05, 0.1) is 12.8 Å². The summed E-state index contributed by atoms with van der Waals surface area (Å²) in [5, 5.41) is 5.38. The zero-order valence-electron chi connectivity index (χ0n) is 13.8. The number of urea groups is 1. The van der Waals surface area contributed by atoms with Gasteiger partial charge < -0.3 is 21.1 Å². The molecule has 2 aliphatic rings. The van der Waals surface area contributed by atoms with Gasteiger partial charge >= 0.3 is 6.03 Å². The van der Waals surface area contributed by atoms with E-state index in [1.807, 2.05) is 0 Å². The fourth-order valence-electron chi connectivity index (χ4n) is 3.29. The molecule has 1 aromatic rings. The predicted molar refractivity (Wildman–Crippen MR) is 94.7 cm³/mol. The van der Waals surface area contributed by atoms with Crippen molar-refractivity contribution in [3.63, 3.8) is 0 Å². The van der Waals surface area contributed by atoms with Crippen molar-refractivity contribution in [2.45, 2.75) is 31.2 Å². The third-order valence-corrected chi connectivity index (χ3v) is 4.52. The van der Waals surface area contributed by atoms with E-state index >= 15 is 0 Å². The lowest BCUT2D eigenvalue weighted by molar-refractivity contribution is -0.133. The largest absolute Gasteiger partial charge is 0.495 e. The van der Waals surface area contributed by atoms with Crippen LogP contribution in [0.25, 0.3) is 0 Å². The highest BCUT2D eigenvalue weighted by atomic mass is 35.5. The van der Waals surface area contributed by atoms with E-state index in [0.29, 0.717) is 30.0 Å². The summed E-state index contributed by atoms with van der Waals surface area (Å²) >= 11 is 0. The quantitative estimate of drug-likeness (QED) is 0.550. The van der Waals surface area contributed by atoms with Gasteiger partial charge in [0.1, 0.15) is 17.8 Å². The second kappa shape index (κ2) is 7.18. The molecule has 1 heterocycles. The number of hydrogen-bond donors (Lipinski definition) is 3. The van der Waals surface area contributed by atoms with E-state index in [1.54, 1.807) is 18.2 Å². The number of benzene rings is 1. The van der Waals surface area contributed by atoms with E-state index < -0.39 is 17.5 Å². The highest BCUT2D eigenvalue weighted by molar-refractivity contribution is 6.10. The molecular formula is C16H21ClN4O4. The molecule has 0 radical (unpaired) electrons. The maximum atomic E-state index is 12.5. The monoisotopic (exact) mass is 368 g/mol. The van der Waals surface area contributed by atoms with Gasteiger partial charge in [-0.15, -0.1) is 12.4 Å². The van der Waals surface area contributed by atoms with Crippen LogP contribution >= 0.6 is 12.4 Å². The first-order valence-corrected chi connectivity index (χ1v) is 7.83. The van der Waals surface area contributed by atoms with E-state index in [-0.39, 0.29) is 24.9 Å². The Balaban J connectivity index is 0.00000225. The minimum Gasteiger partial charge on any atom is -0.495 e.